The number of piperidine rings is 2. The van der Waals surface area contributed by atoms with E-state index in [0.717, 1.165) is 57.0 Å². The smallest absolute Gasteiger partial charge is 0.311 e. The standard InChI is InChI=1S/C18H28N4O2/c1-4-6-14-11-19-13(2)20-16(14)22-10-8-18(17(23)24)7-5-9-21(3)15(18)12-22/h11,15H,4-10,12H2,1-3H3,(H,23,24)/t15-,18+/m1/s1. The Bertz CT molecular complexity index is 621. The number of hydrogen-bond donors (Lipinski definition) is 1. The fraction of sp³-hybridized carbons (Fsp3) is 0.722. The first-order valence-electron chi connectivity index (χ1n) is 8.99. The molecule has 0 aliphatic carbocycles. The zero-order valence-electron chi connectivity index (χ0n) is 15.0. The minimum atomic E-state index is -0.633. The van der Waals surface area contributed by atoms with Crippen LogP contribution >= 0.6 is 0 Å². The molecule has 0 unspecified atom stereocenters. The van der Waals surface area contributed by atoms with Crippen LogP contribution in [0.2, 0.25) is 0 Å². The van der Waals surface area contributed by atoms with Gasteiger partial charge < -0.3 is 14.9 Å². The second-order valence-electron chi connectivity index (χ2n) is 7.27. The van der Waals surface area contributed by atoms with E-state index in [1.807, 2.05) is 13.1 Å². The van der Waals surface area contributed by atoms with Crippen molar-refractivity contribution in [2.24, 2.45) is 5.41 Å². The number of hydrogen-bond acceptors (Lipinski definition) is 5. The number of nitrogens with zero attached hydrogens (tertiary/aromatic N) is 4. The molecule has 1 aromatic rings. The summed E-state index contributed by atoms with van der Waals surface area (Å²) in [4.78, 5) is 25.6. The first kappa shape index (κ1) is 17.1. The predicted molar refractivity (Wildman–Crippen MR) is 93.3 cm³/mol. The molecule has 3 rings (SSSR count). The molecule has 2 saturated heterocycles. The highest BCUT2D eigenvalue weighted by Crippen LogP contribution is 2.43. The van der Waals surface area contributed by atoms with E-state index in [1.54, 1.807) is 0 Å². The van der Waals surface area contributed by atoms with Crippen molar-refractivity contribution >= 4 is 11.8 Å². The summed E-state index contributed by atoms with van der Waals surface area (Å²) in [5, 5.41) is 9.91. The second kappa shape index (κ2) is 6.67. The van der Waals surface area contributed by atoms with E-state index in [4.69, 9.17) is 4.98 Å². The van der Waals surface area contributed by atoms with Gasteiger partial charge in [0.1, 0.15) is 11.6 Å². The summed E-state index contributed by atoms with van der Waals surface area (Å²) >= 11 is 0. The highest BCUT2D eigenvalue weighted by Gasteiger charge is 2.52. The fourth-order valence-electron chi connectivity index (χ4n) is 4.38. The molecule has 3 heterocycles. The fourth-order valence-corrected chi connectivity index (χ4v) is 4.38. The Hall–Kier alpha value is -1.69. The lowest BCUT2D eigenvalue weighted by atomic mass is 9.68. The van der Waals surface area contributed by atoms with E-state index in [0.29, 0.717) is 6.42 Å². The molecule has 24 heavy (non-hydrogen) atoms. The highest BCUT2D eigenvalue weighted by atomic mass is 16.4. The number of aliphatic carboxylic acids is 1. The lowest BCUT2D eigenvalue weighted by Gasteiger charge is -2.52. The lowest BCUT2D eigenvalue weighted by Crippen LogP contribution is -2.63. The molecule has 1 aromatic heterocycles. The largest absolute Gasteiger partial charge is 0.481 e. The number of aromatic nitrogens is 2. The Morgan fingerprint density at radius 1 is 1.42 bits per heavy atom. The van der Waals surface area contributed by atoms with Crippen LogP contribution in [0.25, 0.3) is 0 Å². The van der Waals surface area contributed by atoms with E-state index < -0.39 is 11.4 Å². The van der Waals surface area contributed by atoms with Crippen LogP contribution in [-0.4, -0.2) is 58.7 Å². The van der Waals surface area contributed by atoms with Crippen LogP contribution in [0.4, 0.5) is 5.82 Å². The summed E-state index contributed by atoms with van der Waals surface area (Å²) in [6.45, 7) is 6.53. The molecule has 0 aromatic carbocycles. The van der Waals surface area contributed by atoms with Crippen LogP contribution in [0.5, 0.6) is 0 Å². The van der Waals surface area contributed by atoms with E-state index in [2.05, 4.69) is 28.8 Å². The van der Waals surface area contributed by atoms with Crippen LogP contribution in [0.3, 0.4) is 0 Å². The maximum Gasteiger partial charge on any atom is 0.311 e. The predicted octanol–water partition coefficient (Wildman–Crippen LogP) is 2.11. The molecule has 0 saturated carbocycles. The van der Waals surface area contributed by atoms with Crippen molar-refractivity contribution in [3.05, 3.63) is 17.6 Å². The molecular formula is C18H28N4O2. The molecule has 0 amide bonds. The third-order valence-electron chi connectivity index (χ3n) is 5.73. The van der Waals surface area contributed by atoms with Gasteiger partial charge in [0, 0.05) is 30.9 Å². The number of likely N-dealkylation sites (N-methyl/N-ethyl adjacent to an activating group) is 1. The second-order valence-corrected chi connectivity index (χ2v) is 7.27. The molecule has 2 aliphatic heterocycles. The Balaban J connectivity index is 1.91. The molecule has 2 atom stereocenters. The average Bonchev–Trinajstić information content (AvgIpc) is 2.56. The first-order chi connectivity index (χ1) is 11.5. The Labute approximate surface area is 143 Å². The maximum atomic E-state index is 12.1. The Morgan fingerprint density at radius 3 is 2.92 bits per heavy atom. The topological polar surface area (TPSA) is 69.6 Å². The number of carbonyl (C=O) groups is 1. The summed E-state index contributed by atoms with van der Waals surface area (Å²) in [6, 6.07) is 0.0437. The van der Waals surface area contributed by atoms with Crippen LogP contribution in [0.1, 0.15) is 44.0 Å². The van der Waals surface area contributed by atoms with Gasteiger partial charge in [-0.25, -0.2) is 9.97 Å². The van der Waals surface area contributed by atoms with Crippen molar-refractivity contribution in [2.75, 3.05) is 31.6 Å². The van der Waals surface area contributed by atoms with Crippen molar-refractivity contribution in [1.82, 2.24) is 14.9 Å². The van der Waals surface area contributed by atoms with Gasteiger partial charge in [-0.05, 0) is 46.2 Å². The van der Waals surface area contributed by atoms with Crippen molar-refractivity contribution < 1.29 is 9.90 Å². The van der Waals surface area contributed by atoms with Crippen molar-refractivity contribution in [2.45, 2.75) is 52.0 Å². The number of fused-ring (bicyclic) bond motifs is 1. The summed E-state index contributed by atoms with van der Waals surface area (Å²) in [5.41, 5.74) is 0.570. The zero-order valence-corrected chi connectivity index (χ0v) is 15.0. The van der Waals surface area contributed by atoms with Gasteiger partial charge >= 0.3 is 5.97 Å². The summed E-state index contributed by atoms with van der Waals surface area (Å²) in [5.74, 6) is 1.14. The van der Waals surface area contributed by atoms with Crippen LogP contribution in [0.15, 0.2) is 6.20 Å². The molecule has 0 bridgehead atoms. The number of aryl methyl sites for hydroxylation is 2. The number of rotatable bonds is 4. The molecule has 0 spiro atoms. The van der Waals surface area contributed by atoms with E-state index in [1.165, 1.54) is 5.56 Å². The van der Waals surface area contributed by atoms with Crippen molar-refractivity contribution in [3.63, 3.8) is 0 Å². The van der Waals surface area contributed by atoms with Crippen LogP contribution < -0.4 is 4.90 Å². The highest BCUT2D eigenvalue weighted by molar-refractivity contribution is 5.76. The SMILES string of the molecule is CCCc1cnc(C)nc1N1CC[C@@]2(C(=O)O)CCCN(C)[C@@H]2C1. The van der Waals surface area contributed by atoms with Gasteiger partial charge in [0.2, 0.25) is 0 Å². The van der Waals surface area contributed by atoms with Gasteiger partial charge in [0.05, 0.1) is 5.41 Å². The summed E-state index contributed by atoms with van der Waals surface area (Å²) in [6.07, 6.45) is 6.38. The lowest BCUT2D eigenvalue weighted by molar-refractivity contribution is -0.158. The molecule has 2 aliphatic rings. The van der Waals surface area contributed by atoms with Crippen molar-refractivity contribution in [1.29, 1.82) is 0 Å². The molecule has 6 heteroatoms. The normalized spacial score (nSPS) is 27.8. The van der Waals surface area contributed by atoms with E-state index in [9.17, 15) is 9.90 Å². The van der Waals surface area contributed by atoms with Crippen LogP contribution in [0, 0.1) is 12.3 Å². The average molecular weight is 332 g/mol. The van der Waals surface area contributed by atoms with Gasteiger partial charge in [0.15, 0.2) is 0 Å². The Morgan fingerprint density at radius 2 is 2.21 bits per heavy atom. The number of anilines is 1. The van der Waals surface area contributed by atoms with Crippen LogP contribution in [-0.2, 0) is 11.2 Å². The molecule has 132 valence electrons. The molecular weight excluding hydrogens is 304 g/mol. The molecule has 2 fully saturated rings. The number of likely N-dealkylation sites (tertiary alicyclic amines) is 1. The minimum Gasteiger partial charge on any atom is -0.481 e. The maximum absolute atomic E-state index is 12.1. The van der Waals surface area contributed by atoms with E-state index >= 15 is 0 Å². The summed E-state index contributed by atoms with van der Waals surface area (Å²) < 4.78 is 0. The number of carboxylic acid groups (broad SMARTS) is 1. The molecule has 6 nitrogen and oxygen atoms in total. The van der Waals surface area contributed by atoms with Gasteiger partial charge in [-0.15, -0.1) is 0 Å². The third-order valence-corrected chi connectivity index (χ3v) is 5.73. The quantitative estimate of drug-likeness (QED) is 0.911. The minimum absolute atomic E-state index is 0.0437. The molecule has 0 radical (unpaired) electrons. The van der Waals surface area contributed by atoms with Gasteiger partial charge in [-0.1, -0.05) is 13.3 Å². The monoisotopic (exact) mass is 332 g/mol. The van der Waals surface area contributed by atoms with E-state index in [-0.39, 0.29) is 6.04 Å². The summed E-state index contributed by atoms with van der Waals surface area (Å²) in [7, 11) is 2.06. The molecule has 1 N–H and O–H groups in total. The van der Waals surface area contributed by atoms with Crippen molar-refractivity contribution in [3.8, 4) is 0 Å². The Kier molecular flexibility index (Phi) is 4.76. The van der Waals surface area contributed by atoms with Gasteiger partial charge in [-0.2, -0.15) is 0 Å². The van der Waals surface area contributed by atoms with Gasteiger partial charge in [0.25, 0.3) is 0 Å². The third kappa shape index (κ3) is 2.88. The zero-order chi connectivity index (χ0) is 17.3. The number of carboxylic acids is 1. The first-order valence-corrected chi connectivity index (χ1v) is 8.99. The van der Waals surface area contributed by atoms with Gasteiger partial charge in [-0.3, -0.25) is 4.79 Å².